The molecule has 2 rings (SSSR count). The van der Waals surface area contributed by atoms with Crippen molar-refractivity contribution in [2.24, 2.45) is 10.9 Å². The number of nitrogens with zero attached hydrogens (tertiary/aromatic N) is 1. The Hall–Kier alpha value is -2.82. The molecule has 5 heteroatoms. The topological polar surface area (TPSA) is 87.7 Å². The molecule has 1 amide bonds. The molecule has 0 heterocycles. The van der Waals surface area contributed by atoms with Crippen LogP contribution in [0.25, 0.3) is 0 Å². The van der Waals surface area contributed by atoms with E-state index in [0.717, 1.165) is 11.1 Å². The number of amides is 1. The van der Waals surface area contributed by atoms with Crippen molar-refractivity contribution in [2.45, 2.75) is 13.8 Å². The minimum atomic E-state index is -0.219. The zero-order chi connectivity index (χ0) is 15.4. The van der Waals surface area contributed by atoms with Crippen LogP contribution in [0.3, 0.4) is 0 Å². The first kappa shape index (κ1) is 14.6. The smallest absolute Gasteiger partial charge is 0.256 e. The van der Waals surface area contributed by atoms with Crippen LogP contribution in [0.15, 0.2) is 47.6 Å². The van der Waals surface area contributed by atoms with Gasteiger partial charge in [0.2, 0.25) is 0 Å². The molecule has 0 aliphatic rings. The lowest BCUT2D eigenvalue weighted by Gasteiger charge is -2.13. The van der Waals surface area contributed by atoms with Gasteiger partial charge in [-0.25, -0.2) is 0 Å². The van der Waals surface area contributed by atoms with E-state index < -0.39 is 0 Å². The van der Waals surface area contributed by atoms with E-state index in [4.69, 9.17) is 10.9 Å². The maximum absolute atomic E-state index is 12.5. The summed E-state index contributed by atoms with van der Waals surface area (Å²) in [5.74, 6) is -0.267. The monoisotopic (exact) mass is 283 g/mol. The summed E-state index contributed by atoms with van der Waals surface area (Å²) in [5.41, 5.74) is 9.02. The fourth-order valence-corrected chi connectivity index (χ4v) is 2.23. The number of para-hydroxylation sites is 1. The summed E-state index contributed by atoms with van der Waals surface area (Å²) < 4.78 is 0. The first-order valence-corrected chi connectivity index (χ1v) is 6.49. The first-order valence-electron chi connectivity index (χ1n) is 6.49. The van der Waals surface area contributed by atoms with Gasteiger partial charge in [-0.3, -0.25) is 4.79 Å². The summed E-state index contributed by atoms with van der Waals surface area (Å²) in [6.07, 6.45) is 0. The van der Waals surface area contributed by atoms with Crippen LogP contribution in [-0.2, 0) is 0 Å². The number of oxime groups is 1. The van der Waals surface area contributed by atoms with Gasteiger partial charge in [0.1, 0.15) is 0 Å². The number of carbonyl (C=O) groups excluding carboxylic acids is 1. The molecule has 2 aromatic rings. The summed E-state index contributed by atoms with van der Waals surface area (Å²) in [4.78, 5) is 12.5. The van der Waals surface area contributed by atoms with E-state index >= 15 is 0 Å². The molecular weight excluding hydrogens is 266 g/mol. The Morgan fingerprint density at radius 2 is 1.71 bits per heavy atom. The zero-order valence-corrected chi connectivity index (χ0v) is 11.9. The quantitative estimate of drug-likeness (QED) is 0.350. The highest BCUT2D eigenvalue weighted by Gasteiger charge is 2.14. The van der Waals surface area contributed by atoms with Crippen LogP contribution in [0.5, 0.6) is 0 Å². The average molecular weight is 283 g/mol. The molecule has 108 valence electrons. The van der Waals surface area contributed by atoms with Crippen LogP contribution in [0, 0.1) is 13.8 Å². The summed E-state index contributed by atoms with van der Waals surface area (Å²) in [7, 11) is 0. The van der Waals surface area contributed by atoms with E-state index in [0.29, 0.717) is 16.8 Å². The van der Waals surface area contributed by atoms with E-state index in [9.17, 15) is 4.79 Å². The van der Waals surface area contributed by atoms with E-state index in [2.05, 4.69) is 10.5 Å². The van der Waals surface area contributed by atoms with Crippen molar-refractivity contribution in [1.82, 2.24) is 0 Å². The summed E-state index contributed by atoms with van der Waals surface area (Å²) in [6, 6.07) is 12.6. The second-order valence-corrected chi connectivity index (χ2v) is 4.75. The third kappa shape index (κ3) is 3.02. The van der Waals surface area contributed by atoms with Crippen molar-refractivity contribution in [3.8, 4) is 0 Å². The van der Waals surface area contributed by atoms with E-state index in [1.165, 1.54) is 0 Å². The molecule has 0 atom stereocenters. The SMILES string of the molecule is Cc1cccc(C)c1C(=O)Nc1ccccc1/C(N)=N/O. The van der Waals surface area contributed by atoms with Crippen LogP contribution in [0.4, 0.5) is 5.69 Å². The maximum atomic E-state index is 12.5. The number of rotatable bonds is 3. The number of benzene rings is 2. The lowest BCUT2D eigenvalue weighted by Crippen LogP contribution is -2.20. The van der Waals surface area contributed by atoms with Gasteiger partial charge in [-0.05, 0) is 37.1 Å². The fourth-order valence-electron chi connectivity index (χ4n) is 2.23. The number of anilines is 1. The fraction of sp³-hybridized carbons (Fsp3) is 0.125. The third-order valence-electron chi connectivity index (χ3n) is 3.27. The molecule has 0 aliphatic heterocycles. The Morgan fingerprint density at radius 3 is 2.33 bits per heavy atom. The number of carbonyl (C=O) groups is 1. The van der Waals surface area contributed by atoms with Gasteiger partial charge < -0.3 is 16.3 Å². The molecule has 21 heavy (non-hydrogen) atoms. The molecule has 5 nitrogen and oxygen atoms in total. The number of nitrogens with one attached hydrogen (secondary N) is 1. The van der Waals surface area contributed by atoms with Gasteiger partial charge >= 0.3 is 0 Å². The number of hydrogen-bond donors (Lipinski definition) is 3. The zero-order valence-electron chi connectivity index (χ0n) is 11.9. The number of amidine groups is 1. The lowest BCUT2D eigenvalue weighted by molar-refractivity contribution is 0.102. The Bertz CT molecular complexity index is 688. The predicted molar refractivity (Wildman–Crippen MR) is 82.8 cm³/mol. The molecular formula is C16H17N3O2. The van der Waals surface area contributed by atoms with E-state index in [1.807, 2.05) is 32.0 Å². The van der Waals surface area contributed by atoms with Gasteiger partial charge in [-0.15, -0.1) is 0 Å². The summed E-state index contributed by atoms with van der Waals surface area (Å²) >= 11 is 0. The number of hydrogen-bond acceptors (Lipinski definition) is 3. The van der Waals surface area contributed by atoms with E-state index in [-0.39, 0.29) is 11.7 Å². The van der Waals surface area contributed by atoms with Crippen LogP contribution >= 0.6 is 0 Å². The van der Waals surface area contributed by atoms with Crippen molar-refractivity contribution in [3.63, 3.8) is 0 Å². The van der Waals surface area contributed by atoms with Crippen LogP contribution in [0.1, 0.15) is 27.0 Å². The average Bonchev–Trinajstić information content (AvgIpc) is 2.47. The minimum Gasteiger partial charge on any atom is -0.409 e. The molecule has 0 aliphatic carbocycles. The van der Waals surface area contributed by atoms with Gasteiger partial charge in [-0.1, -0.05) is 35.5 Å². The van der Waals surface area contributed by atoms with E-state index in [1.54, 1.807) is 24.3 Å². The third-order valence-corrected chi connectivity index (χ3v) is 3.27. The van der Waals surface area contributed by atoms with Crippen molar-refractivity contribution >= 4 is 17.4 Å². The van der Waals surface area contributed by atoms with Crippen LogP contribution < -0.4 is 11.1 Å². The van der Waals surface area contributed by atoms with Crippen molar-refractivity contribution in [2.75, 3.05) is 5.32 Å². The first-order chi connectivity index (χ1) is 10.0. The molecule has 0 bridgehead atoms. The molecule has 0 saturated carbocycles. The lowest BCUT2D eigenvalue weighted by atomic mass is 10.0. The minimum absolute atomic E-state index is 0.0487. The second-order valence-electron chi connectivity index (χ2n) is 4.75. The Morgan fingerprint density at radius 1 is 1.10 bits per heavy atom. The molecule has 0 fully saturated rings. The molecule has 2 aromatic carbocycles. The maximum Gasteiger partial charge on any atom is 0.256 e. The van der Waals surface area contributed by atoms with Gasteiger partial charge in [0, 0.05) is 11.1 Å². The predicted octanol–water partition coefficient (Wildman–Crippen LogP) is 2.65. The highest BCUT2D eigenvalue weighted by atomic mass is 16.4. The number of aryl methyl sites for hydroxylation is 2. The standard InChI is InChI=1S/C16H17N3O2/c1-10-6-5-7-11(2)14(10)16(20)18-13-9-4-3-8-12(13)15(17)19-21/h3-9,21H,1-2H3,(H2,17,19)(H,18,20). The van der Waals surface area contributed by atoms with Gasteiger partial charge in [-0.2, -0.15) is 0 Å². The number of nitrogens with two attached hydrogens (primary N) is 1. The molecule has 0 saturated heterocycles. The van der Waals surface area contributed by atoms with Gasteiger partial charge in [0.05, 0.1) is 5.69 Å². The highest BCUT2D eigenvalue weighted by Crippen LogP contribution is 2.19. The van der Waals surface area contributed by atoms with Crippen molar-refractivity contribution < 1.29 is 10.0 Å². The molecule has 0 radical (unpaired) electrons. The highest BCUT2D eigenvalue weighted by molar-refractivity contribution is 6.10. The van der Waals surface area contributed by atoms with Gasteiger partial charge in [0.25, 0.3) is 5.91 Å². The second kappa shape index (κ2) is 6.09. The molecule has 0 unspecified atom stereocenters. The van der Waals surface area contributed by atoms with Crippen molar-refractivity contribution in [1.29, 1.82) is 0 Å². The Balaban J connectivity index is 2.37. The molecule has 0 aromatic heterocycles. The van der Waals surface area contributed by atoms with Crippen LogP contribution in [0.2, 0.25) is 0 Å². The van der Waals surface area contributed by atoms with Gasteiger partial charge in [0.15, 0.2) is 5.84 Å². The molecule has 4 N–H and O–H groups in total. The molecule has 0 spiro atoms. The van der Waals surface area contributed by atoms with Crippen molar-refractivity contribution in [3.05, 3.63) is 64.7 Å². The summed E-state index contributed by atoms with van der Waals surface area (Å²) in [5, 5.41) is 14.6. The summed E-state index contributed by atoms with van der Waals surface area (Å²) in [6.45, 7) is 3.77. The largest absolute Gasteiger partial charge is 0.409 e. The normalized spacial score (nSPS) is 11.2. The Kier molecular flexibility index (Phi) is 4.23. The Labute approximate surface area is 123 Å². The van der Waals surface area contributed by atoms with Crippen LogP contribution in [-0.4, -0.2) is 17.0 Å².